The number of nitrogens with two attached hydrogens (primary N) is 1. The Kier molecular flexibility index (Phi) is 4.34. The second kappa shape index (κ2) is 4.71. The molecule has 8 nitrogen and oxygen atoms in total. The summed E-state index contributed by atoms with van der Waals surface area (Å²) in [4.78, 5) is 8.29. The van der Waals surface area contributed by atoms with Gasteiger partial charge in [-0.15, -0.1) is 0 Å². The topological polar surface area (TPSA) is 147 Å². The smallest absolute Gasteiger partial charge is 0.744 e. The summed E-state index contributed by atoms with van der Waals surface area (Å²) in [5.41, 5.74) is 3.87. The number of hydrogen-bond donors (Lipinski definition) is 2. The Hall–Kier alpha value is -1.27. The van der Waals surface area contributed by atoms with Gasteiger partial charge in [-0.25, -0.2) is 8.42 Å². The second-order valence-electron chi connectivity index (χ2n) is 2.59. The first kappa shape index (κ1) is 14.7. The number of anilines is 1. The van der Waals surface area contributed by atoms with Crippen molar-refractivity contribution < 1.29 is 41.9 Å². The predicted molar refractivity (Wildman–Crippen MR) is 47.1 cm³/mol. The summed E-state index contributed by atoms with van der Waals surface area (Å²) in [6, 6.07) is 1.21. The van der Waals surface area contributed by atoms with E-state index in [0.717, 1.165) is 6.07 Å². The van der Waals surface area contributed by atoms with Crippen molar-refractivity contribution in [1.82, 2.24) is 0 Å². The van der Waals surface area contributed by atoms with E-state index >= 15 is 0 Å². The van der Waals surface area contributed by atoms with Crippen molar-refractivity contribution in [2.75, 3.05) is 5.73 Å². The van der Waals surface area contributed by atoms with Crippen LogP contribution in [-0.4, -0.2) is 23.0 Å². The maximum atomic E-state index is 10.6. The van der Waals surface area contributed by atoms with Crippen molar-refractivity contribution >= 4 is 21.5 Å². The molecule has 0 aliphatic heterocycles. The quantitative estimate of drug-likeness (QED) is 0.138. The number of rotatable bonds is 2. The van der Waals surface area contributed by atoms with Crippen LogP contribution in [0.3, 0.4) is 0 Å². The third-order valence-corrected chi connectivity index (χ3v) is 2.42. The van der Waals surface area contributed by atoms with Gasteiger partial charge >= 0.3 is 18.9 Å². The van der Waals surface area contributed by atoms with Gasteiger partial charge in [0.2, 0.25) is 0 Å². The molecule has 16 heavy (non-hydrogen) atoms. The Labute approximate surface area is 102 Å². The van der Waals surface area contributed by atoms with E-state index in [0.29, 0.717) is 6.07 Å². The van der Waals surface area contributed by atoms with Gasteiger partial charge < -0.3 is 15.4 Å². The number of nitro benzene ring substituents is 1. The van der Waals surface area contributed by atoms with Gasteiger partial charge in [0.1, 0.15) is 15.0 Å². The molecule has 0 radical (unpaired) electrons. The molecule has 0 unspecified atom stereocenters. The zero-order chi connectivity index (χ0) is 11.8. The fourth-order valence-corrected chi connectivity index (χ4v) is 1.53. The maximum Gasteiger partial charge on any atom is 1.00 e. The monoisotopic (exact) mass is 240 g/mol. The third kappa shape index (κ3) is 2.86. The summed E-state index contributed by atoms with van der Waals surface area (Å²) in [5.74, 6) is -0.976. The molecule has 0 amide bonds. The maximum absolute atomic E-state index is 10.6. The molecule has 0 aliphatic carbocycles. The molecule has 0 atom stereocenters. The van der Waals surface area contributed by atoms with Crippen molar-refractivity contribution in [3.8, 4) is 5.75 Å². The molecule has 82 valence electrons. The summed E-state index contributed by atoms with van der Waals surface area (Å²) in [6.45, 7) is 0. The van der Waals surface area contributed by atoms with Gasteiger partial charge in [0, 0.05) is 12.1 Å². The van der Waals surface area contributed by atoms with Crippen LogP contribution in [-0.2, 0) is 10.1 Å². The number of phenols is 1. The molecule has 1 aromatic rings. The second-order valence-corrected chi connectivity index (χ2v) is 3.94. The largest absolute Gasteiger partial charge is 1.00 e. The molecule has 0 saturated heterocycles. The minimum absolute atomic E-state index is 0. The fourth-order valence-electron chi connectivity index (χ4n) is 0.910. The number of aromatic hydroxyl groups is 1. The minimum atomic E-state index is -5.00. The van der Waals surface area contributed by atoms with E-state index in [9.17, 15) is 23.1 Å². The first-order chi connectivity index (χ1) is 6.73. The number of nitrogens with zero attached hydrogens (tertiary/aromatic N) is 1. The molecule has 0 aliphatic rings. The Bertz CT molecular complexity index is 528. The molecule has 1 rings (SSSR count). The number of hydrogen-bond acceptors (Lipinski definition) is 7. The Balaban J connectivity index is 0.00000225. The molecule has 1 aromatic carbocycles. The summed E-state index contributed by atoms with van der Waals surface area (Å²) in [6.07, 6.45) is 0. The van der Waals surface area contributed by atoms with Gasteiger partial charge in [0.25, 0.3) is 5.69 Å². The van der Waals surface area contributed by atoms with E-state index in [1.54, 1.807) is 0 Å². The fraction of sp³-hybridized carbons (Fsp3) is 0. The average molecular weight is 240 g/mol. The van der Waals surface area contributed by atoms with Gasteiger partial charge in [-0.05, 0) is 0 Å². The van der Waals surface area contributed by atoms with Crippen LogP contribution in [0.2, 0.25) is 0 Å². The van der Waals surface area contributed by atoms with Crippen molar-refractivity contribution in [2.24, 2.45) is 0 Å². The summed E-state index contributed by atoms with van der Waals surface area (Å²) >= 11 is 0. The number of phenolic OH excluding ortho intramolecular Hbond substituents is 1. The van der Waals surface area contributed by atoms with Gasteiger partial charge in [-0.1, -0.05) is 0 Å². The first-order valence-corrected chi connectivity index (χ1v) is 4.87. The third-order valence-electron chi connectivity index (χ3n) is 1.57. The van der Waals surface area contributed by atoms with E-state index in [1.165, 1.54) is 0 Å². The van der Waals surface area contributed by atoms with Crippen molar-refractivity contribution in [3.63, 3.8) is 0 Å². The normalized spacial score (nSPS) is 10.6. The first-order valence-electron chi connectivity index (χ1n) is 3.46. The number of benzene rings is 1. The van der Waals surface area contributed by atoms with Gasteiger partial charge in [-0.2, -0.15) is 0 Å². The van der Waals surface area contributed by atoms with Crippen LogP contribution in [0.4, 0.5) is 11.4 Å². The van der Waals surface area contributed by atoms with Gasteiger partial charge in [0.15, 0.2) is 5.75 Å². The van der Waals surface area contributed by atoms with E-state index in [-0.39, 0.29) is 18.9 Å². The predicted octanol–water partition coefficient (Wildman–Crippen LogP) is -3.21. The van der Waals surface area contributed by atoms with Crippen molar-refractivity contribution in [3.05, 3.63) is 22.2 Å². The Morgan fingerprint density at radius 1 is 1.38 bits per heavy atom. The minimum Gasteiger partial charge on any atom is -0.744 e. The molecule has 10 heteroatoms. The zero-order valence-electron chi connectivity index (χ0n) is 8.08. The van der Waals surface area contributed by atoms with Crippen molar-refractivity contribution in [1.29, 1.82) is 0 Å². The summed E-state index contributed by atoms with van der Waals surface area (Å²) < 4.78 is 31.8. The van der Waals surface area contributed by atoms with E-state index in [4.69, 9.17) is 10.8 Å². The average Bonchev–Trinajstić information content (AvgIpc) is 2.06. The molecule has 0 aromatic heterocycles. The van der Waals surface area contributed by atoms with Crippen LogP contribution in [0.5, 0.6) is 5.75 Å². The van der Waals surface area contributed by atoms with Crippen LogP contribution < -0.4 is 24.6 Å². The van der Waals surface area contributed by atoms with Crippen LogP contribution >= 0.6 is 0 Å². The van der Waals surface area contributed by atoms with Gasteiger partial charge in [0.05, 0.1) is 10.6 Å². The van der Waals surface area contributed by atoms with Crippen LogP contribution in [0.1, 0.15) is 0 Å². The van der Waals surface area contributed by atoms with Gasteiger partial charge in [-0.3, -0.25) is 10.1 Å². The molecule has 3 N–H and O–H groups in total. The molecule has 0 heterocycles. The van der Waals surface area contributed by atoms with Crippen molar-refractivity contribution in [2.45, 2.75) is 4.90 Å². The van der Waals surface area contributed by atoms with E-state index in [2.05, 4.69) is 0 Å². The summed E-state index contributed by atoms with van der Waals surface area (Å²) in [5, 5.41) is 19.4. The number of nitro groups is 1. The molecule has 0 bridgehead atoms. The SMILES string of the molecule is Nc1cc([N+](=O)[O-])cc(S(=O)(=O)[O-])c1O.[Li+]. The summed E-state index contributed by atoms with van der Waals surface area (Å²) in [7, 11) is -5.00. The van der Waals surface area contributed by atoms with Crippen LogP contribution in [0.25, 0.3) is 0 Å². The number of nitrogen functional groups attached to an aromatic ring is 1. The van der Waals surface area contributed by atoms with Crippen LogP contribution in [0, 0.1) is 10.1 Å². The van der Waals surface area contributed by atoms with E-state index < -0.39 is 37.1 Å². The van der Waals surface area contributed by atoms with Crippen LogP contribution in [0.15, 0.2) is 17.0 Å². The molecular formula is C6H5LiN2O6S. The molecule has 0 saturated carbocycles. The standard InChI is InChI=1S/C6H6N2O6S.Li/c7-4-1-3(8(10)11)2-5(6(4)9)15(12,13)14;/h1-2,9H,7H2,(H,12,13,14);/q;+1/p-1. The number of non-ortho nitro benzene ring substituents is 1. The Morgan fingerprint density at radius 2 is 1.88 bits per heavy atom. The zero-order valence-corrected chi connectivity index (χ0v) is 8.89. The molecule has 0 spiro atoms. The molecule has 0 fully saturated rings. The molecular weight excluding hydrogens is 235 g/mol. The van der Waals surface area contributed by atoms with E-state index in [1.807, 2.05) is 0 Å². The Morgan fingerprint density at radius 3 is 2.25 bits per heavy atom.